The van der Waals surface area contributed by atoms with Gasteiger partial charge in [-0.2, -0.15) is 0 Å². The molecule has 5 nitrogen and oxygen atoms in total. The minimum absolute atomic E-state index is 0.245. The molecule has 0 amide bonds. The molecule has 0 unspecified atom stereocenters. The molecule has 0 spiro atoms. The van der Waals surface area contributed by atoms with Gasteiger partial charge in [-0.1, -0.05) is 23.7 Å². The molecule has 106 valence electrons. The maximum Gasteiger partial charge on any atom is 0.417 e. The molecule has 0 saturated carbocycles. The molecule has 0 saturated heterocycles. The van der Waals surface area contributed by atoms with Gasteiger partial charge in [0.15, 0.2) is 5.65 Å². The number of aromatic nitrogens is 2. The van der Waals surface area contributed by atoms with Crippen LogP contribution in [0.3, 0.4) is 0 Å². The van der Waals surface area contributed by atoms with Crippen LogP contribution in [0.15, 0.2) is 42.5 Å². The van der Waals surface area contributed by atoms with Crippen molar-refractivity contribution < 1.29 is 14.6 Å². The first-order valence-corrected chi connectivity index (χ1v) is 6.54. The average molecular weight is 303 g/mol. The van der Waals surface area contributed by atoms with Gasteiger partial charge in [0.1, 0.15) is 10.9 Å². The molecular weight excluding hydrogens is 292 g/mol. The Labute approximate surface area is 125 Å². The third kappa shape index (κ3) is 2.21. The SMILES string of the molecule is COc1ccccc1-c1cc2ccc(Cl)nc2n1C(=O)O. The standard InChI is InChI=1S/C15H11ClN2O3/c1-21-12-5-3-2-4-10(12)11-8-9-6-7-13(16)17-14(9)18(11)15(19)20/h2-8H,1H3,(H,19,20). The van der Waals surface area contributed by atoms with Crippen molar-refractivity contribution >= 4 is 28.7 Å². The van der Waals surface area contributed by atoms with E-state index in [1.165, 1.54) is 0 Å². The molecule has 2 aromatic heterocycles. The predicted molar refractivity (Wildman–Crippen MR) is 80.2 cm³/mol. The quantitative estimate of drug-likeness (QED) is 0.729. The molecule has 0 aliphatic heterocycles. The number of carboxylic acid groups (broad SMARTS) is 1. The van der Waals surface area contributed by atoms with Crippen LogP contribution in [-0.4, -0.2) is 27.9 Å². The zero-order valence-corrected chi connectivity index (χ0v) is 11.8. The highest BCUT2D eigenvalue weighted by Crippen LogP contribution is 2.33. The van der Waals surface area contributed by atoms with E-state index in [4.69, 9.17) is 16.3 Å². The van der Waals surface area contributed by atoms with Crippen LogP contribution < -0.4 is 4.74 Å². The van der Waals surface area contributed by atoms with Crippen molar-refractivity contribution in [3.63, 3.8) is 0 Å². The lowest BCUT2D eigenvalue weighted by Crippen LogP contribution is -2.10. The smallest absolute Gasteiger partial charge is 0.417 e. The van der Waals surface area contributed by atoms with Crippen molar-refractivity contribution in [3.05, 3.63) is 47.6 Å². The van der Waals surface area contributed by atoms with Gasteiger partial charge in [-0.15, -0.1) is 0 Å². The van der Waals surface area contributed by atoms with Gasteiger partial charge >= 0.3 is 6.09 Å². The molecule has 3 rings (SSSR count). The third-order valence-electron chi connectivity index (χ3n) is 3.19. The number of benzene rings is 1. The average Bonchev–Trinajstić information content (AvgIpc) is 2.85. The number of para-hydroxylation sites is 1. The number of fused-ring (bicyclic) bond motifs is 1. The number of hydrogen-bond donors (Lipinski definition) is 1. The van der Waals surface area contributed by atoms with Gasteiger partial charge in [-0.3, -0.25) is 0 Å². The lowest BCUT2D eigenvalue weighted by Gasteiger charge is -2.09. The van der Waals surface area contributed by atoms with E-state index in [1.807, 2.05) is 12.1 Å². The molecule has 0 aliphatic rings. The highest BCUT2D eigenvalue weighted by molar-refractivity contribution is 6.29. The Morgan fingerprint density at radius 3 is 2.76 bits per heavy atom. The summed E-state index contributed by atoms with van der Waals surface area (Å²) in [6.07, 6.45) is -1.12. The van der Waals surface area contributed by atoms with Gasteiger partial charge in [0, 0.05) is 10.9 Å². The van der Waals surface area contributed by atoms with Crippen molar-refractivity contribution in [2.75, 3.05) is 7.11 Å². The summed E-state index contributed by atoms with van der Waals surface area (Å²) in [6, 6.07) is 12.3. The zero-order chi connectivity index (χ0) is 15.0. The molecule has 3 aromatic rings. The van der Waals surface area contributed by atoms with Crippen molar-refractivity contribution in [1.82, 2.24) is 9.55 Å². The topological polar surface area (TPSA) is 64.4 Å². The van der Waals surface area contributed by atoms with Gasteiger partial charge in [-0.25, -0.2) is 14.3 Å². The molecule has 0 fully saturated rings. The number of carbonyl (C=O) groups is 1. The second kappa shape index (κ2) is 5.10. The van der Waals surface area contributed by atoms with E-state index >= 15 is 0 Å². The largest absolute Gasteiger partial charge is 0.496 e. The molecular formula is C15H11ClN2O3. The summed E-state index contributed by atoms with van der Waals surface area (Å²) >= 11 is 5.87. The Hall–Kier alpha value is -2.53. The van der Waals surface area contributed by atoms with Gasteiger partial charge in [-0.05, 0) is 30.3 Å². The van der Waals surface area contributed by atoms with Gasteiger partial charge in [0.2, 0.25) is 0 Å². The van der Waals surface area contributed by atoms with Crippen LogP contribution in [0.2, 0.25) is 5.15 Å². The summed E-state index contributed by atoms with van der Waals surface area (Å²) < 4.78 is 6.41. The maximum absolute atomic E-state index is 11.6. The number of nitrogens with zero attached hydrogens (tertiary/aromatic N) is 2. The van der Waals surface area contributed by atoms with Gasteiger partial charge in [0.25, 0.3) is 0 Å². The monoisotopic (exact) mass is 302 g/mol. The molecule has 0 bridgehead atoms. The summed E-state index contributed by atoms with van der Waals surface area (Å²) in [7, 11) is 1.54. The minimum Gasteiger partial charge on any atom is -0.496 e. The van der Waals surface area contributed by atoms with E-state index < -0.39 is 6.09 Å². The van der Waals surface area contributed by atoms with Crippen molar-refractivity contribution in [2.24, 2.45) is 0 Å². The normalized spacial score (nSPS) is 10.8. The van der Waals surface area contributed by atoms with Crippen molar-refractivity contribution in [3.8, 4) is 17.0 Å². The Morgan fingerprint density at radius 1 is 1.29 bits per heavy atom. The molecule has 0 radical (unpaired) electrons. The fraction of sp³-hybridized carbons (Fsp3) is 0.0667. The van der Waals surface area contributed by atoms with E-state index in [0.29, 0.717) is 28.0 Å². The van der Waals surface area contributed by atoms with Crippen LogP contribution >= 0.6 is 11.6 Å². The Kier molecular flexibility index (Phi) is 3.27. The molecule has 0 atom stereocenters. The zero-order valence-electron chi connectivity index (χ0n) is 11.1. The summed E-state index contributed by atoms with van der Waals surface area (Å²) in [5, 5.41) is 10.4. The lowest BCUT2D eigenvalue weighted by atomic mass is 10.1. The number of rotatable bonds is 2. The maximum atomic E-state index is 11.6. The van der Waals surface area contributed by atoms with Crippen LogP contribution in [0, 0.1) is 0 Å². The predicted octanol–water partition coefficient (Wildman–Crippen LogP) is 3.89. The first-order chi connectivity index (χ1) is 10.1. The summed E-state index contributed by atoms with van der Waals surface area (Å²) in [5.41, 5.74) is 1.47. The fourth-order valence-electron chi connectivity index (χ4n) is 2.30. The third-order valence-corrected chi connectivity index (χ3v) is 3.40. The van der Waals surface area contributed by atoms with Crippen LogP contribution in [0.25, 0.3) is 22.3 Å². The Balaban J connectivity index is 2.37. The van der Waals surface area contributed by atoms with Crippen LogP contribution in [0.5, 0.6) is 5.75 Å². The van der Waals surface area contributed by atoms with Gasteiger partial charge < -0.3 is 9.84 Å². The van der Waals surface area contributed by atoms with Gasteiger partial charge in [0.05, 0.1) is 12.8 Å². The number of pyridine rings is 1. The Bertz CT molecular complexity index is 842. The molecule has 21 heavy (non-hydrogen) atoms. The van der Waals surface area contributed by atoms with Crippen molar-refractivity contribution in [1.29, 1.82) is 0 Å². The van der Waals surface area contributed by atoms with Crippen LogP contribution in [0.4, 0.5) is 4.79 Å². The van der Waals surface area contributed by atoms with E-state index in [9.17, 15) is 9.90 Å². The molecule has 0 aliphatic carbocycles. The lowest BCUT2D eigenvalue weighted by molar-refractivity contribution is 0.197. The summed E-state index contributed by atoms with van der Waals surface area (Å²) in [6.45, 7) is 0. The summed E-state index contributed by atoms with van der Waals surface area (Å²) in [5.74, 6) is 0.592. The fourth-order valence-corrected chi connectivity index (χ4v) is 2.44. The number of methoxy groups -OCH3 is 1. The molecule has 1 N–H and O–H groups in total. The molecule has 1 aromatic carbocycles. The number of hydrogen-bond acceptors (Lipinski definition) is 3. The van der Waals surface area contributed by atoms with E-state index in [0.717, 1.165) is 4.57 Å². The summed E-state index contributed by atoms with van der Waals surface area (Å²) in [4.78, 5) is 15.7. The van der Waals surface area contributed by atoms with Crippen LogP contribution in [0.1, 0.15) is 0 Å². The first-order valence-electron chi connectivity index (χ1n) is 6.16. The Morgan fingerprint density at radius 2 is 2.05 bits per heavy atom. The first kappa shape index (κ1) is 13.5. The van der Waals surface area contributed by atoms with E-state index in [-0.39, 0.29) is 5.15 Å². The van der Waals surface area contributed by atoms with E-state index in [2.05, 4.69) is 4.98 Å². The molecule has 6 heteroatoms. The van der Waals surface area contributed by atoms with Crippen LogP contribution in [-0.2, 0) is 0 Å². The minimum atomic E-state index is -1.12. The number of halogens is 1. The highest BCUT2D eigenvalue weighted by Gasteiger charge is 2.19. The second-order valence-electron chi connectivity index (χ2n) is 4.39. The second-order valence-corrected chi connectivity index (χ2v) is 4.78. The van der Waals surface area contributed by atoms with E-state index in [1.54, 1.807) is 37.4 Å². The van der Waals surface area contributed by atoms with Crippen molar-refractivity contribution in [2.45, 2.75) is 0 Å². The number of ether oxygens (including phenoxy) is 1. The molecule has 2 heterocycles. The highest BCUT2D eigenvalue weighted by atomic mass is 35.5.